The van der Waals surface area contributed by atoms with Crippen molar-refractivity contribution in [2.75, 3.05) is 6.54 Å². The molecule has 1 amide bonds. The van der Waals surface area contributed by atoms with Crippen molar-refractivity contribution in [3.05, 3.63) is 88.8 Å². The van der Waals surface area contributed by atoms with Crippen LogP contribution in [0, 0.1) is 0 Å². The molecular formula is C24H22N4O2. The van der Waals surface area contributed by atoms with Crippen molar-refractivity contribution in [1.29, 1.82) is 0 Å². The third kappa shape index (κ3) is 3.52. The van der Waals surface area contributed by atoms with E-state index in [1.165, 1.54) is 4.68 Å². The molecule has 0 radical (unpaired) electrons. The van der Waals surface area contributed by atoms with E-state index in [0.717, 1.165) is 29.2 Å². The average Bonchev–Trinajstić information content (AvgIpc) is 3.57. The highest BCUT2D eigenvalue weighted by Crippen LogP contribution is 2.36. The molecule has 0 spiro atoms. The second kappa shape index (κ2) is 7.63. The van der Waals surface area contributed by atoms with Gasteiger partial charge in [-0.3, -0.25) is 9.36 Å². The molecule has 3 aromatic carbocycles. The predicted octanol–water partition coefficient (Wildman–Crippen LogP) is 3.63. The van der Waals surface area contributed by atoms with Crippen LogP contribution >= 0.6 is 0 Å². The first kappa shape index (κ1) is 18.4. The Labute approximate surface area is 173 Å². The summed E-state index contributed by atoms with van der Waals surface area (Å²) in [7, 11) is 0. The van der Waals surface area contributed by atoms with Gasteiger partial charge < -0.3 is 5.32 Å². The first-order valence-corrected chi connectivity index (χ1v) is 10.2. The molecule has 0 saturated heterocycles. The van der Waals surface area contributed by atoms with Crippen molar-refractivity contribution >= 4 is 16.7 Å². The Morgan fingerprint density at radius 1 is 0.967 bits per heavy atom. The lowest BCUT2D eigenvalue weighted by Crippen LogP contribution is -2.32. The number of benzene rings is 3. The number of nitrogens with one attached hydrogen (secondary N) is 1. The quantitative estimate of drug-likeness (QED) is 0.539. The van der Waals surface area contributed by atoms with Crippen LogP contribution in [-0.2, 0) is 6.54 Å². The lowest BCUT2D eigenvalue weighted by Gasteiger charge is -2.06. The van der Waals surface area contributed by atoms with Gasteiger partial charge in [0.2, 0.25) is 0 Å². The van der Waals surface area contributed by atoms with E-state index in [1.807, 2.05) is 72.8 Å². The minimum Gasteiger partial charge on any atom is -0.350 e. The van der Waals surface area contributed by atoms with Crippen molar-refractivity contribution in [3.8, 4) is 11.4 Å². The van der Waals surface area contributed by atoms with Gasteiger partial charge in [-0.1, -0.05) is 60.7 Å². The van der Waals surface area contributed by atoms with Crippen LogP contribution in [0.2, 0.25) is 0 Å². The Bertz CT molecular complexity index is 1270. The van der Waals surface area contributed by atoms with Crippen LogP contribution in [0.3, 0.4) is 0 Å². The molecule has 150 valence electrons. The number of carbonyl (C=O) groups is 1. The average molecular weight is 398 g/mol. The first-order valence-electron chi connectivity index (χ1n) is 10.2. The van der Waals surface area contributed by atoms with Gasteiger partial charge in [-0.15, -0.1) is 5.10 Å². The van der Waals surface area contributed by atoms with Gasteiger partial charge in [0, 0.05) is 23.7 Å². The molecule has 1 fully saturated rings. The number of carbonyl (C=O) groups excluding carboxylic acids is 1. The zero-order valence-electron chi connectivity index (χ0n) is 16.5. The largest absolute Gasteiger partial charge is 0.350 e. The van der Waals surface area contributed by atoms with E-state index in [-0.39, 0.29) is 17.6 Å². The summed E-state index contributed by atoms with van der Waals surface area (Å²) in [4.78, 5) is 25.4. The zero-order valence-corrected chi connectivity index (χ0v) is 16.5. The molecule has 5 rings (SSSR count). The number of fused-ring (bicyclic) bond motifs is 1. The molecule has 4 aromatic rings. The van der Waals surface area contributed by atoms with Crippen LogP contribution < -0.4 is 11.0 Å². The van der Waals surface area contributed by atoms with E-state index in [9.17, 15) is 9.59 Å². The Morgan fingerprint density at radius 2 is 1.70 bits per heavy atom. The van der Waals surface area contributed by atoms with E-state index < -0.39 is 0 Å². The summed E-state index contributed by atoms with van der Waals surface area (Å²) < 4.78 is 3.25. The fraction of sp³-hybridized carbons (Fsp3) is 0.208. The molecule has 1 N–H and O–H groups in total. The SMILES string of the molecule is O=C(NCCn1nc(-c2ccccc2)n(C2CC2)c1=O)c1ccc2ccccc2c1. The van der Waals surface area contributed by atoms with Crippen LogP contribution in [0.4, 0.5) is 0 Å². The fourth-order valence-electron chi connectivity index (χ4n) is 3.72. The minimum atomic E-state index is -0.154. The van der Waals surface area contributed by atoms with Crippen molar-refractivity contribution in [1.82, 2.24) is 19.7 Å². The molecular weight excluding hydrogens is 376 g/mol. The van der Waals surface area contributed by atoms with Crippen LogP contribution in [-0.4, -0.2) is 26.8 Å². The van der Waals surface area contributed by atoms with Crippen molar-refractivity contribution < 1.29 is 4.79 Å². The van der Waals surface area contributed by atoms with E-state index in [4.69, 9.17) is 0 Å². The second-order valence-corrected chi connectivity index (χ2v) is 7.61. The highest BCUT2D eigenvalue weighted by molar-refractivity contribution is 5.98. The monoisotopic (exact) mass is 398 g/mol. The van der Waals surface area contributed by atoms with Crippen LogP contribution in [0.25, 0.3) is 22.2 Å². The lowest BCUT2D eigenvalue weighted by atomic mass is 10.1. The Morgan fingerprint density at radius 3 is 2.47 bits per heavy atom. The summed E-state index contributed by atoms with van der Waals surface area (Å²) in [6.45, 7) is 0.666. The van der Waals surface area contributed by atoms with E-state index in [1.54, 1.807) is 4.57 Å². The number of rotatable bonds is 6. The molecule has 1 aliphatic carbocycles. The molecule has 0 aliphatic heterocycles. The Balaban J connectivity index is 1.31. The third-order valence-electron chi connectivity index (χ3n) is 5.44. The van der Waals surface area contributed by atoms with Gasteiger partial charge in [-0.25, -0.2) is 9.48 Å². The maximum absolute atomic E-state index is 12.9. The minimum absolute atomic E-state index is 0.115. The van der Waals surface area contributed by atoms with Crippen LogP contribution in [0.15, 0.2) is 77.6 Å². The van der Waals surface area contributed by atoms with Crippen molar-refractivity contribution in [2.45, 2.75) is 25.4 Å². The van der Waals surface area contributed by atoms with Crippen molar-refractivity contribution in [3.63, 3.8) is 0 Å². The van der Waals surface area contributed by atoms with Gasteiger partial charge in [0.15, 0.2) is 5.82 Å². The van der Waals surface area contributed by atoms with Gasteiger partial charge in [0.05, 0.1) is 6.54 Å². The van der Waals surface area contributed by atoms with Crippen molar-refractivity contribution in [2.24, 2.45) is 0 Å². The molecule has 6 heteroatoms. The molecule has 0 unspecified atom stereocenters. The number of hydrogen-bond acceptors (Lipinski definition) is 3. The standard InChI is InChI=1S/C24H22N4O2/c29-23(20-11-10-17-6-4-5-9-19(17)16-20)25-14-15-27-24(30)28(21-12-13-21)22(26-27)18-7-2-1-3-8-18/h1-11,16,21H,12-15H2,(H,25,29). The summed E-state index contributed by atoms with van der Waals surface area (Å²) in [6, 6.07) is 23.6. The molecule has 1 aromatic heterocycles. The lowest BCUT2D eigenvalue weighted by molar-refractivity contribution is 0.0952. The van der Waals surface area contributed by atoms with Crippen LogP contribution in [0.5, 0.6) is 0 Å². The Hall–Kier alpha value is -3.67. The first-order chi connectivity index (χ1) is 14.7. The normalized spacial score (nSPS) is 13.5. The van der Waals surface area contributed by atoms with E-state index in [2.05, 4.69) is 10.4 Å². The third-order valence-corrected chi connectivity index (χ3v) is 5.44. The fourth-order valence-corrected chi connectivity index (χ4v) is 3.72. The summed E-state index contributed by atoms with van der Waals surface area (Å²) in [5, 5.41) is 9.59. The van der Waals surface area contributed by atoms with Crippen LogP contribution in [0.1, 0.15) is 29.2 Å². The summed E-state index contributed by atoms with van der Waals surface area (Å²) in [6.07, 6.45) is 2.01. The summed E-state index contributed by atoms with van der Waals surface area (Å²) in [5.74, 6) is 0.544. The number of amides is 1. The smallest absolute Gasteiger partial charge is 0.346 e. The van der Waals surface area contributed by atoms with E-state index in [0.29, 0.717) is 24.5 Å². The molecule has 0 bridgehead atoms. The Kier molecular flexibility index (Phi) is 4.67. The zero-order chi connectivity index (χ0) is 20.5. The maximum Gasteiger partial charge on any atom is 0.346 e. The second-order valence-electron chi connectivity index (χ2n) is 7.61. The molecule has 0 atom stereocenters. The molecule has 1 saturated carbocycles. The van der Waals surface area contributed by atoms with Gasteiger partial charge in [0.1, 0.15) is 0 Å². The van der Waals surface area contributed by atoms with Gasteiger partial charge in [0.25, 0.3) is 5.91 Å². The van der Waals surface area contributed by atoms with Gasteiger partial charge >= 0.3 is 5.69 Å². The van der Waals surface area contributed by atoms with E-state index >= 15 is 0 Å². The summed E-state index contributed by atoms with van der Waals surface area (Å²) in [5.41, 5.74) is 1.42. The van der Waals surface area contributed by atoms with Gasteiger partial charge in [-0.2, -0.15) is 0 Å². The number of nitrogens with zero attached hydrogens (tertiary/aromatic N) is 3. The highest BCUT2D eigenvalue weighted by Gasteiger charge is 2.30. The molecule has 6 nitrogen and oxygen atoms in total. The topological polar surface area (TPSA) is 68.9 Å². The highest BCUT2D eigenvalue weighted by atomic mass is 16.2. The number of aromatic nitrogens is 3. The van der Waals surface area contributed by atoms with Gasteiger partial charge in [-0.05, 0) is 35.7 Å². The molecule has 30 heavy (non-hydrogen) atoms. The molecule has 1 heterocycles. The molecule has 1 aliphatic rings. The predicted molar refractivity (Wildman–Crippen MR) is 116 cm³/mol. The summed E-state index contributed by atoms with van der Waals surface area (Å²) >= 11 is 0. The number of hydrogen-bond donors (Lipinski definition) is 1. The maximum atomic E-state index is 12.9.